The van der Waals surface area contributed by atoms with Gasteiger partial charge in [-0.25, -0.2) is 9.97 Å². The van der Waals surface area contributed by atoms with Gasteiger partial charge in [-0.2, -0.15) is 5.26 Å². The minimum atomic E-state index is -0.180. The second kappa shape index (κ2) is 13.2. The molecule has 1 N–H and O–H groups in total. The summed E-state index contributed by atoms with van der Waals surface area (Å²) in [5.74, 6) is 0.980. The summed E-state index contributed by atoms with van der Waals surface area (Å²) in [6.07, 6.45) is 0.215. The normalized spacial score (nSPS) is 10.7. The number of nitrogens with one attached hydrogen (secondary N) is 1. The number of pyridine rings is 1. The number of methoxy groups -OCH3 is 1. The smallest absolute Gasteiger partial charge is 0.226 e. The van der Waals surface area contributed by atoms with E-state index in [0.717, 1.165) is 33.7 Å². The standard InChI is InChI=1S/C31H22Cl2N4O2S2/c1-39-22-10-7-19(8-11-22)23-16-27(20-5-3-2-4-6-20)35-30(24(23)17-34)40-14-13-29(38)37-31-36-28(18-41-31)21-9-12-25(32)26(33)15-21/h2-12,15-16,18H,13-14H2,1H3,(H,36,37,38). The number of halogens is 2. The Balaban J connectivity index is 1.32. The van der Waals surface area contributed by atoms with Crippen LogP contribution in [-0.4, -0.2) is 28.7 Å². The highest BCUT2D eigenvalue weighted by Crippen LogP contribution is 2.35. The fourth-order valence-corrected chi connectivity index (χ4v) is 6.01. The Hall–Kier alpha value is -3.87. The van der Waals surface area contributed by atoms with Crippen LogP contribution in [0.2, 0.25) is 10.0 Å². The fourth-order valence-electron chi connectivity index (χ4n) is 4.03. The Morgan fingerprint density at radius 3 is 2.41 bits per heavy atom. The van der Waals surface area contributed by atoms with Crippen molar-refractivity contribution in [2.45, 2.75) is 11.4 Å². The monoisotopic (exact) mass is 616 g/mol. The van der Waals surface area contributed by atoms with E-state index < -0.39 is 0 Å². The van der Waals surface area contributed by atoms with Crippen molar-refractivity contribution in [2.75, 3.05) is 18.2 Å². The molecule has 41 heavy (non-hydrogen) atoms. The predicted octanol–water partition coefficient (Wildman–Crippen LogP) is 8.85. The summed E-state index contributed by atoms with van der Waals surface area (Å²) in [6.45, 7) is 0. The van der Waals surface area contributed by atoms with Gasteiger partial charge in [0.1, 0.15) is 16.8 Å². The number of hydrogen-bond acceptors (Lipinski definition) is 7. The number of benzene rings is 3. The zero-order chi connectivity index (χ0) is 28.8. The molecular weight excluding hydrogens is 595 g/mol. The highest BCUT2D eigenvalue weighted by atomic mass is 35.5. The Labute approximate surface area is 256 Å². The number of ether oxygens (including phenoxy) is 1. The van der Waals surface area contributed by atoms with Crippen molar-refractivity contribution in [3.63, 3.8) is 0 Å². The molecule has 2 aromatic heterocycles. The van der Waals surface area contributed by atoms with E-state index in [1.54, 1.807) is 19.2 Å². The Morgan fingerprint density at radius 1 is 0.951 bits per heavy atom. The van der Waals surface area contributed by atoms with Crippen LogP contribution in [0.25, 0.3) is 33.6 Å². The number of aromatic nitrogens is 2. The summed E-state index contributed by atoms with van der Waals surface area (Å²) in [5.41, 5.74) is 5.31. The van der Waals surface area contributed by atoms with E-state index in [4.69, 9.17) is 32.9 Å². The van der Waals surface area contributed by atoms with Gasteiger partial charge in [-0.3, -0.25) is 4.79 Å². The zero-order valence-corrected chi connectivity index (χ0v) is 24.9. The molecular formula is C31H22Cl2N4O2S2. The first-order chi connectivity index (χ1) is 19.9. The summed E-state index contributed by atoms with van der Waals surface area (Å²) >= 11 is 14.8. The predicted molar refractivity (Wildman–Crippen MR) is 168 cm³/mol. The molecule has 6 nitrogen and oxygen atoms in total. The largest absolute Gasteiger partial charge is 0.497 e. The summed E-state index contributed by atoms with van der Waals surface area (Å²) < 4.78 is 5.30. The quantitative estimate of drug-likeness (QED) is 0.166. The number of carbonyl (C=O) groups excluding carboxylic acids is 1. The average molecular weight is 618 g/mol. The van der Waals surface area contributed by atoms with Gasteiger partial charge in [0.15, 0.2) is 5.13 Å². The van der Waals surface area contributed by atoms with E-state index in [1.807, 2.05) is 72.1 Å². The molecule has 0 aliphatic heterocycles. The van der Waals surface area contributed by atoms with Crippen molar-refractivity contribution in [3.05, 3.63) is 99.9 Å². The van der Waals surface area contributed by atoms with Gasteiger partial charge in [0.25, 0.3) is 0 Å². The molecule has 5 aromatic rings. The third-order valence-corrected chi connectivity index (χ3v) is 8.58. The van der Waals surface area contributed by atoms with Gasteiger partial charge in [-0.05, 0) is 35.9 Å². The van der Waals surface area contributed by atoms with E-state index in [0.29, 0.717) is 37.2 Å². The topological polar surface area (TPSA) is 87.9 Å². The third-order valence-electron chi connectivity index (χ3n) is 6.10. The number of thioether (sulfide) groups is 1. The van der Waals surface area contributed by atoms with E-state index in [9.17, 15) is 10.1 Å². The van der Waals surface area contributed by atoms with Gasteiger partial charge >= 0.3 is 0 Å². The van der Waals surface area contributed by atoms with E-state index in [1.165, 1.54) is 23.1 Å². The number of nitrogens with zero attached hydrogens (tertiary/aromatic N) is 3. The van der Waals surface area contributed by atoms with Crippen molar-refractivity contribution in [1.82, 2.24) is 9.97 Å². The van der Waals surface area contributed by atoms with E-state index in [2.05, 4.69) is 16.4 Å². The summed E-state index contributed by atoms with van der Waals surface area (Å²) in [6, 6.07) is 26.9. The summed E-state index contributed by atoms with van der Waals surface area (Å²) in [4.78, 5) is 22.1. The lowest BCUT2D eigenvalue weighted by Gasteiger charge is -2.13. The molecule has 0 radical (unpaired) electrons. The second-order valence-corrected chi connectivity index (χ2v) is 11.5. The van der Waals surface area contributed by atoms with Crippen molar-refractivity contribution in [2.24, 2.45) is 0 Å². The van der Waals surface area contributed by atoms with Crippen LogP contribution >= 0.6 is 46.3 Å². The van der Waals surface area contributed by atoms with E-state index in [-0.39, 0.29) is 12.3 Å². The molecule has 0 aliphatic carbocycles. The SMILES string of the molecule is COc1ccc(-c2cc(-c3ccccc3)nc(SCCC(=O)Nc3nc(-c4ccc(Cl)c(Cl)c4)cs3)c2C#N)cc1. The van der Waals surface area contributed by atoms with Crippen LogP contribution < -0.4 is 10.1 Å². The first-order valence-corrected chi connectivity index (χ1v) is 15.1. The Bertz CT molecular complexity index is 1740. The maximum Gasteiger partial charge on any atom is 0.226 e. The molecule has 3 aromatic carbocycles. The number of nitriles is 1. The van der Waals surface area contributed by atoms with Gasteiger partial charge in [-0.15, -0.1) is 23.1 Å². The highest BCUT2D eigenvalue weighted by Gasteiger charge is 2.17. The minimum Gasteiger partial charge on any atom is -0.497 e. The molecule has 0 unspecified atom stereocenters. The van der Waals surface area contributed by atoms with Crippen LogP contribution in [-0.2, 0) is 4.79 Å². The molecule has 0 atom stereocenters. The maximum absolute atomic E-state index is 12.7. The summed E-state index contributed by atoms with van der Waals surface area (Å²) in [7, 11) is 1.61. The van der Waals surface area contributed by atoms with Gasteiger partial charge < -0.3 is 10.1 Å². The van der Waals surface area contributed by atoms with Crippen LogP contribution in [0, 0.1) is 11.3 Å². The number of thiazole rings is 1. The molecule has 1 amide bonds. The molecule has 0 fully saturated rings. The van der Waals surface area contributed by atoms with Gasteiger partial charge in [0.05, 0.1) is 34.1 Å². The molecule has 0 aliphatic rings. The van der Waals surface area contributed by atoms with Gasteiger partial charge in [0, 0.05) is 34.2 Å². The number of anilines is 1. The maximum atomic E-state index is 12.7. The van der Waals surface area contributed by atoms with Gasteiger partial charge in [0.2, 0.25) is 5.91 Å². The van der Waals surface area contributed by atoms with Crippen molar-refractivity contribution in [1.29, 1.82) is 5.26 Å². The zero-order valence-electron chi connectivity index (χ0n) is 21.7. The van der Waals surface area contributed by atoms with Crippen LogP contribution in [0.4, 0.5) is 5.13 Å². The van der Waals surface area contributed by atoms with Crippen molar-refractivity contribution in [3.8, 4) is 45.5 Å². The minimum absolute atomic E-state index is 0.180. The molecule has 204 valence electrons. The van der Waals surface area contributed by atoms with Crippen LogP contribution in [0.1, 0.15) is 12.0 Å². The lowest BCUT2D eigenvalue weighted by atomic mass is 9.99. The van der Waals surface area contributed by atoms with Crippen LogP contribution in [0.3, 0.4) is 0 Å². The molecule has 10 heteroatoms. The van der Waals surface area contributed by atoms with Crippen LogP contribution in [0.5, 0.6) is 5.75 Å². The highest BCUT2D eigenvalue weighted by molar-refractivity contribution is 7.99. The van der Waals surface area contributed by atoms with Crippen LogP contribution in [0.15, 0.2) is 89.3 Å². The fraction of sp³-hybridized carbons (Fsp3) is 0.0968. The first kappa shape index (κ1) is 28.7. The molecule has 2 heterocycles. The number of hydrogen-bond donors (Lipinski definition) is 1. The van der Waals surface area contributed by atoms with Crippen molar-refractivity contribution < 1.29 is 9.53 Å². The molecule has 0 saturated heterocycles. The molecule has 0 spiro atoms. The van der Waals surface area contributed by atoms with Crippen molar-refractivity contribution >= 4 is 57.3 Å². The number of amides is 1. The Kier molecular flexibility index (Phi) is 9.22. The summed E-state index contributed by atoms with van der Waals surface area (Å²) in [5, 5.41) is 16.8. The second-order valence-electron chi connectivity index (χ2n) is 8.75. The van der Waals surface area contributed by atoms with Gasteiger partial charge in [-0.1, -0.05) is 71.7 Å². The van der Waals surface area contributed by atoms with E-state index >= 15 is 0 Å². The Morgan fingerprint density at radius 2 is 1.71 bits per heavy atom. The lowest BCUT2D eigenvalue weighted by Crippen LogP contribution is -2.12. The average Bonchev–Trinajstić information content (AvgIpc) is 3.47. The lowest BCUT2D eigenvalue weighted by molar-refractivity contribution is -0.115. The first-order valence-electron chi connectivity index (χ1n) is 12.4. The number of rotatable bonds is 9. The number of carbonyl (C=O) groups is 1. The molecule has 0 bridgehead atoms. The third kappa shape index (κ3) is 6.89. The molecule has 5 rings (SSSR count). The molecule has 0 saturated carbocycles.